The van der Waals surface area contributed by atoms with Gasteiger partial charge in [0.2, 0.25) is 0 Å². The van der Waals surface area contributed by atoms with E-state index in [1.54, 1.807) is 7.11 Å². The highest BCUT2D eigenvalue weighted by atomic mass is 16.5. The van der Waals surface area contributed by atoms with Crippen molar-refractivity contribution >= 4 is 0 Å². The average Bonchev–Trinajstić information content (AvgIpc) is 2.22. The molecular weight excluding hydrogens is 200 g/mol. The molecule has 3 heteroatoms. The van der Waals surface area contributed by atoms with Gasteiger partial charge in [-0.15, -0.1) is 0 Å². The summed E-state index contributed by atoms with van der Waals surface area (Å²) < 4.78 is 5.13. The van der Waals surface area contributed by atoms with Crippen molar-refractivity contribution in [2.45, 2.75) is 39.7 Å². The second-order valence-electron chi connectivity index (χ2n) is 5.07. The van der Waals surface area contributed by atoms with E-state index in [-0.39, 0.29) is 0 Å². The topological polar surface area (TPSA) is 24.5 Å². The molecule has 0 saturated carbocycles. The van der Waals surface area contributed by atoms with Gasteiger partial charge in [-0.05, 0) is 39.3 Å². The fourth-order valence-corrected chi connectivity index (χ4v) is 1.60. The molecule has 0 aromatic carbocycles. The summed E-state index contributed by atoms with van der Waals surface area (Å²) in [5.41, 5.74) is 0. The van der Waals surface area contributed by atoms with Crippen molar-refractivity contribution in [1.29, 1.82) is 0 Å². The van der Waals surface area contributed by atoms with E-state index in [9.17, 15) is 0 Å². The second-order valence-corrected chi connectivity index (χ2v) is 5.07. The molecule has 1 N–H and O–H groups in total. The first-order valence-corrected chi connectivity index (χ1v) is 6.47. The molecule has 0 aliphatic heterocycles. The summed E-state index contributed by atoms with van der Waals surface area (Å²) in [5, 5.41) is 3.49. The van der Waals surface area contributed by atoms with Gasteiger partial charge in [-0.2, -0.15) is 0 Å². The minimum absolute atomic E-state index is 0.502. The van der Waals surface area contributed by atoms with Crippen LogP contribution in [0.1, 0.15) is 33.6 Å². The number of methoxy groups -OCH3 is 1. The maximum atomic E-state index is 5.13. The minimum atomic E-state index is 0.502. The van der Waals surface area contributed by atoms with E-state index >= 15 is 0 Å². The molecule has 0 aromatic heterocycles. The number of ether oxygens (including phenoxy) is 1. The quantitative estimate of drug-likeness (QED) is 0.581. The summed E-state index contributed by atoms with van der Waals surface area (Å²) in [5.74, 6) is 0.825. The Kier molecular flexibility index (Phi) is 9.99. The van der Waals surface area contributed by atoms with Gasteiger partial charge in [0, 0.05) is 26.2 Å². The molecular formula is C13H30N2O. The maximum absolute atomic E-state index is 5.13. The van der Waals surface area contributed by atoms with Crippen molar-refractivity contribution < 1.29 is 4.74 Å². The Morgan fingerprint density at radius 3 is 2.44 bits per heavy atom. The van der Waals surface area contributed by atoms with Crippen LogP contribution < -0.4 is 5.32 Å². The molecule has 0 aromatic rings. The fraction of sp³-hybridized carbons (Fsp3) is 1.00. The van der Waals surface area contributed by atoms with Crippen molar-refractivity contribution in [2.24, 2.45) is 5.92 Å². The summed E-state index contributed by atoms with van der Waals surface area (Å²) in [6, 6.07) is 0.502. The van der Waals surface area contributed by atoms with E-state index in [1.807, 2.05) is 0 Å². The Morgan fingerprint density at radius 2 is 1.88 bits per heavy atom. The Morgan fingerprint density at radius 1 is 1.19 bits per heavy atom. The van der Waals surface area contributed by atoms with Crippen LogP contribution >= 0.6 is 0 Å². The molecule has 1 unspecified atom stereocenters. The molecule has 1 atom stereocenters. The molecule has 3 nitrogen and oxygen atoms in total. The van der Waals surface area contributed by atoms with Crippen molar-refractivity contribution in [1.82, 2.24) is 10.2 Å². The second kappa shape index (κ2) is 10.1. The van der Waals surface area contributed by atoms with E-state index < -0.39 is 0 Å². The normalized spacial score (nSPS) is 13.7. The molecule has 16 heavy (non-hydrogen) atoms. The predicted molar refractivity (Wildman–Crippen MR) is 70.9 cm³/mol. The molecule has 0 heterocycles. The van der Waals surface area contributed by atoms with Gasteiger partial charge in [0.1, 0.15) is 0 Å². The van der Waals surface area contributed by atoms with Crippen molar-refractivity contribution in [2.75, 3.05) is 40.4 Å². The first-order valence-electron chi connectivity index (χ1n) is 6.47. The van der Waals surface area contributed by atoms with Crippen LogP contribution in [-0.2, 0) is 4.74 Å². The molecule has 98 valence electrons. The van der Waals surface area contributed by atoms with Crippen LogP contribution in [0.2, 0.25) is 0 Å². The van der Waals surface area contributed by atoms with Crippen LogP contribution in [0, 0.1) is 5.92 Å². The zero-order valence-corrected chi connectivity index (χ0v) is 11.8. The Labute approximate surface area is 102 Å². The summed E-state index contributed by atoms with van der Waals surface area (Å²) in [4.78, 5) is 2.33. The summed E-state index contributed by atoms with van der Waals surface area (Å²) in [6.45, 7) is 10.9. The number of nitrogens with zero attached hydrogens (tertiary/aromatic N) is 1. The van der Waals surface area contributed by atoms with E-state index in [0.29, 0.717) is 6.04 Å². The molecule has 0 saturated heterocycles. The number of rotatable bonds is 10. The van der Waals surface area contributed by atoms with Gasteiger partial charge in [-0.25, -0.2) is 0 Å². The third kappa shape index (κ3) is 9.13. The van der Waals surface area contributed by atoms with E-state index in [1.165, 1.54) is 12.8 Å². The molecule has 0 rings (SSSR count). The molecule has 0 radical (unpaired) electrons. The van der Waals surface area contributed by atoms with Crippen LogP contribution in [-0.4, -0.2) is 51.3 Å². The van der Waals surface area contributed by atoms with Gasteiger partial charge >= 0.3 is 0 Å². The highest BCUT2D eigenvalue weighted by Gasteiger charge is 2.07. The average molecular weight is 230 g/mol. The Bertz CT molecular complexity index is 151. The van der Waals surface area contributed by atoms with Gasteiger partial charge in [0.25, 0.3) is 0 Å². The zero-order chi connectivity index (χ0) is 12.4. The van der Waals surface area contributed by atoms with E-state index in [2.05, 4.69) is 38.0 Å². The Balaban J connectivity index is 3.30. The molecule has 0 aliphatic rings. The van der Waals surface area contributed by atoms with Crippen molar-refractivity contribution in [3.8, 4) is 0 Å². The predicted octanol–water partition coefficient (Wildman–Crippen LogP) is 1.98. The monoisotopic (exact) mass is 230 g/mol. The largest absolute Gasteiger partial charge is 0.383 e. The van der Waals surface area contributed by atoms with Crippen molar-refractivity contribution in [3.05, 3.63) is 0 Å². The highest BCUT2D eigenvalue weighted by molar-refractivity contribution is 4.63. The van der Waals surface area contributed by atoms with Crippen LogP contribution in [0.4, 0.5) is 0 Å². The summed E-state index contributed by atoms with van der Waals surface area (Å²) >= 11 is 0. The maximum Gasteiger partial charge on any atom is 0.0615 e. The lowest BCUT2D eigenvalue weighted by molar-refractivity contribution is 0.116. The van der Waals surface area contributed by atoms with Crippen LogP contribution in [0.3, 0.4) is 0 Å². The first-order chi connectivity index (χ1) is 7.57. The third-order valence-electron chi connectivity index (χ3n) is 2.94. The van der Waals surface area contributed by atoms with Gasteiger partial charge in [0.05, 0.1) is 6.61 Å². The highest BCUT2D eigenvalue weighted by Crippen LogP contribution is 2.01. The zero-order valence-electron chi connectivity index (χ0n) is 11.8. The van der Waals surface area contributed by atoms with Gasteiger partial charge in [0.15, 0.2) is 0 Å². The number of hydrogen-bond donors (Lipinski definition) is 1. The van der Waals surface area contributed by atoms with E-state index in [4.69, 9.17) is 4.74 Å². The smallest absolute Gasteiger partial charge is 0.0615 e. The SMILES string of the molecule is COCC(C)N(C)CCNCCCC(C)C. The standard InChI is InChI=1S/C13H30N2O/c1-12(2)7-6-8-14-9-10-15(4)13(3)11-16-5/h12-14H,6-11H2,1-5H3. The molecule has 0 spiro atoms. The van der Waals surface area contributed by atoms with E-state index in [0.717, 1.165) is 32.2 Å². The summed E-state index contributed by atoms with van der Waals surface area (Å²) in [7, 11) is 3.91. The fourth-order valence-electron chi connectivity index (χ4n) is 1.60. The summed E-state index contributed by atoms with van der Waals surface area (Å²) in [6.07, 6.45) is 2.61. The lowest BCUT2D eigenvalue weighted by atomic mass is 10.1. The van der Waals surface area contributed by atoms with Gasteiger partial charge < -0.3 is 15.0 Å². The van der Waals surface area contributed by atoms with Gasteiger partial charge in [-0.1, -0.05) is 13.8 Å². The molecule has 0 fully saturated rings. The lowest BCUT2D eigenvalue weighted by Gasteiger charge is -2.24. The molecule has 0 bridgehead atoms. The van der Waals surface area contributed by atoms with Crippen molar-refractivity contribution in [3.63, 3.8) is 0 Å². The molecule has 0 amide bonds. The number of hydrogen-bond acceptors (Lipinski definition) is 3. The Hall–Kier alpha value is -0.120. The first kappa shape index (κ1) is 15.9. The minimum Gasteiger partial charge on any atom is -0.383 e. The molecule has 0 aliphatic carbocycles. The van der Waals surface area contributed by atoms with Gasteiger partial charge in [-0.3, -0.25) is 0 Å². The number of likely N-dealkylation sites (N-methyl/N-ethyl adjacent to an activating group) is 1. The van der Waals surface area contributed by atoms with Crippen LogP contribution in [0.15, 0.2) is 0 Å². The van der Waals surface area contributed by atoms with Crippen LogP contribution in [0.5, 0.6) is 0 Å². The number of nitrogens with one attached hydrogen (secondary N) is 1. The lowest BCUT2D eigenvalue weighted by Crippen LogP contribution is -2.37. The third-order valence-corrected chi connectivity index (χ3v) is 2.94. The van der Waals surface area contributed by atoms with Crippen LogP contribution in [0.25, 0.3) is 0 Å².